The normalized spacial score (nSPS) is 13.8. The fourth-order valence-corrected chi connectivity index (χ4v) is 2.13. The smallest absolute Gasteiger partial charge is 0.243 e. The van der Waals surface area contributed by atoms with Gasteiger partial charge in [-0.15, -0.1) is 11.3 Å². The maximum atomic E-state index is 5.30. The van der Waals surface area contributed by atoms with Crippen LogP contribution in [0.5, 0.6) is 0 Å². The second-order valence-electron chi connectivity index (χ2n) is 5.39. The van der Waals surface area contributed by atoms with Crippen molar-refractivity contribution in [2.45, 2.75) is 45.7 Å². The van der Waals surface area contributed by atoms with Crippen LogP contribution < -0.4 is 5.32 Å². The Morgan fingerprint density at radius 2 is 2.22 bits per heavy atom. The Hall–Kier alpha value is -1.20. The third-order valence-electron chi connectivity index (χ3n) is 2.65. The van der Waals surface area contributed by atoms with E-state index in [1.807, 2.05) is 6.92 Å². The zero-order valence-electron chi connectivity index (χ0n) is 11.2. The van der Waals surface area contributed by atoms with Gasteiger partial charge in [-0.3, -0.25) is 0 Å². The Morgan fingerprint density at radius 3 is 2.78 bits per heavy atom. The molecule has 2 aromatic heterocycles. The molecule has 0 saturated heterocycles. The molecule has 18 heavy (non-hydrogen) atoms. The molecule has 0 spiro atoms. The summed E-state index contributed by atoms with van der Waals surface area (Å²) < 4.78 is 5.30. The van der Waals surface area contributed by atoms with Crippen molar-refractivity contribution in [2.75, 3.05) is 0 Å². The highest BCUT2D eigenvalue weighted by atomic mass is 32.1. The molecule has 0 bridgehead atoms. The van der Waals surface area contributed by atoms with Crippen LogP contribution in [0.2, 0.25) is 0 Å². The van der Waals surface area contributed by atoms with Gasteiger partial charge in [0.2, 0.25) is 5.89 Å². The number of hydrogen-bond donors (Lipinski definition) is 1. The van der Waals surface area contributed by atoms with Gasteiger partial charge in [-0.1, -0.05) is 32.0 Å². The van der Waals surface area contributed by atoms with Gasteiger partial charge in [0.15, 0.2) is 5.82 Å². The first kappa shape index (κ1) is 13.2. The fourth-order valence-electron chi connectivity index (χ4n) is 1.47. The lowest BCUT2D eigenvalue weighted by Gasteiger charge is -2.11. The number of hydrogen-bond acceptors (Lipinski definition) is 5. The van der Waals surface area contributed by atoms with Gasteiger partial charge in [0.1, 0.15) is 0 Å². The molecule has 0 aliphatic carbocycles. The highest BCUT2D eigenvalue weighted by molar-refractivity contribution is 7.09. The minimum Gasteiger partial charge on any atom is -0.338 e. The molecule has 4 nitrogen and oxygen atoms in total. The second kappa shape index (κ2) is 5.20. The molecule has 0 aromatic carbocycles. The van der Waals surface area contributed by atoms with Crippen LogP contribution in [0.15, 0.2) is 22.0 Å². The first-order chi connectivity index (χ1) is 8.47. The maximum absolute atomic E-state index is 5.30. The summed E-state index contributed by atoms with van der Waals surface area (Å²) in [6.07, 6.45) is 0. The van der Waals surface area contributed by atoms with E-state index in [9.17, 15) is 0 Å². The summed E-state index contributed by atoms with van der Waals surface area (Å²) in [5, 5.41) is 9.49. The van der Waals surface area contributed by atoms with Crippen molar-refractivity contribution in [1.82, 2.24) is 15.5 Å². The van der Waals surface area contributed by atoms with Crippen molar-refractivity contribution in [3.05, 3.63) is 34.1 Å². The van der Waals surface area contributed by atoms with E-state index in [0.29, 0.717) is 5.89 Å². The average molecular weight is 265 g/mol. The first-order valence-corrected chi connectivity index (χ1v) is 6.94. The number of thiophene rings is 1. The third-order valence-corrected chi connectivity index (χ3v) is 3.52. The average Bonchev–Trinajstić information content (AvgIpc) is 2.96. The van der Waals surface area contributed by atoms with Crippen molar-refractivity contribution in [2.24, 2.45) is 0 Å². The van der Waals surface area contributed by atoms with E-state index in [4.69, 9.17) is 4.52 Å². The molecule has 0 aliphatic heterocycles. The predicted molar refractivity (Wildman–Crippen MR) is 72.6 cm³/mol. The van der Waals surface area contributed by atoms with Crippen molar-refractivity contribution in [3.63, 3.8) is 0 Å². The fraction of sp³-hybridized carbons (Fsp3) is 0.538. The van der Waals surface area contributed by atoms with Crippen LogP contribution in [0.1, 0.15) is 50.3 Å². The molecule has 5 heteroatoms. The highest BCUT2D eigenvalue weighted by Crippen LogP contribution is 2.21. The standard InChI is InChI=1S/C13H19N3OS/c1-9(14-8-10-6-5-7-18-10)11-15-12(16-17-11)13(2,3)4/h5-7,9,14H,8H2,1-4H3. The van der Waals surface area contributed by atoms with Crippen LogP contribution in [0, 0.1) is 0 Å². The number of rotatable bonds is 4. The molecule has 2 aromatic rings. The first-order valence-electron chi connectivity index (χ1n) is 6.06. The summed E-state index contributed by atoms with van der Waals surface area (Å²) in [5.74, 6) is 1.40. The molecule has 0 fully saturated rings. The molecule has 0 amide bonds. The van der Waals surface area contributed by atoms with Crippen molar-refractivity contribution in [3.8, 4) is 0 Å². The van der Waals surface area contributed by atoms with Gasteiger partial charge >= 0.3 is 0 Å². The highest BCUT2D eigenvalue weighted by Gasteiger charge is 2.22. The Labute approximate surface area is 111 Å². The largest absolute Gasteiger partial charge is 0.338 e. The van der Waals surface area contributed by atoms with Gasteiger partial charge in [0, 0.05) is 16.8 Å². The van der Waals surface area contributed by atoms with Gasteiger partial charge in [-0.05, 0) is 18.4 Å². The zero-order valence-corrected chi connectivity index (χ0v) is 12.0. The van der Waals surface area contributed by atoms with E-state index in [1.54, 1.807) is 11.3 Å². The van der Waals surface area contributed by atoms with E-state index < -0.39 is 0 Å². The summed E-state index contributed by atoms with van der Waals surface area (Å²) in [6, 6.07) is 4.23. The molecule has 2 rings (SSSR count). The molecule has 98 valence electrons. The monoisotopic (exact) mass is 265 g/mol. The summed E-state index contributed by atoms with van der Waals surface area (Å²) in [6.45, 7) is 9.09. The van der Waals surface area contributed by atoms with Gasteiger partial charge in [-0.25, -0.2) is 0 Å². The van der Waals surface area contributed by atoms with Crippen LogP contribution >= 0.6 is 11.3 Å². The summed E-state index contributed by atoms with van der Waals surface area (Å²) in [4.78, 5) is 5.75. The lowest BCUT2D eigenvalue weighted by atomic mass is 9.96. The lowest BCUT2D eigenvalue weighted by molar-refractivity contribution is 0.331. The molecular weight excluding hydrogens is 246 g/mol. The predicted octanol–water partition coefficient (Wildman–Crippen LogP) is 3.28. The Bertz CT molecular complexity index is 485. The van der Waals surface area contributed by atoms with E-state index in [-0.39, 0.29) is 11.5 Å². The molecule has 0 radical (unpaired) electrons. The van der Waals surface area contributed by atoms with Crippen LogP contribution in [0.25, 0.3) is 0 Å². The van der Waals surface area contributed by atoms with E-state index in [1.165, 1.54) is 4.88 Å². The summed E-state index contributed by atoms with van der Waals surface area (Å²) >= 11 is 1.74. The van der Waals surface area contributed by atoms with E-state index in [0.717, 1.165) is 12.4 Å². The summed E-state index contributed by atoms with van der Waals surface area (Å²) in [5.41, 5.74) is -0.0742. The van der Waals surface area contributed by atoms with Crippen molar-refractivity contribution >= 4 is 11.3 Å². The molecular formula is C13H19N3OS. The van der Waals surface area contributed by atoms with Crippen LogP contribution in [0.4, 0.5) is 0 Å². The van der Waals surface area contributed by atoms with Gasteiger partial charge in [0.25, 0.3) is 0 Å². The number of nitrogens with one attached hydrogen (secondary N) is 1. The van der Waals surface area contributed by atoms with Gasteiger partial charge in [0.05, 0.1) is 6.04 Å². The minimum absolute atomic E-state index is 0.0655. The van der Waals surface area contributed by atoms with Gasteiger partial charge < -0.3 is 9.84 Å². The second-order valence-corrected chi connectivity index (χ2v) is 6.42. The Kier molecular flexibility index (Phi) is 3.82. The zero-order chi connectivity index (χ0) is 13.2. The minimum atomic E-state index is -0.0742. The van der Waals surface area contributed by atoms with Crippen LogP contribution in [-0.2, 0) is 12.0 Å². The SMILES string of the molecule is CC(NCc1cccs1)c1nc(C(C)(C)C)no1. The number of aromatic nitrogens is 2. The molecule has 1 unspecified atom stereocenters. The van der Waals surface area contributed by atoms with E-state index >= 15 is 0 Å². The van der Waals surface area contributed by atoms with Crippen LogP contribution in [-0.4, -0.2) is 10.1 Å². The van der Waals surface area contributed by atoms with Crippen molar-refractivity contribution < 1.29 is 4.52 Å². The van der Waals surface area contributed by atoms with Crippen LogP contribution in [0.3, 0.4) is 0 Å². The molecule has 0 aliphatic rings. The van der Waals surface area contributed by atoms with Crippen molar-refractivity contribution in [1.29, 1.82) is 0 Å². The number of nitrogens with zero attached hydrogens (tertiary/aromatic N) is 2. The van der Waals surface area contributed by atoms with Gasteiger partial charge in [-0.2, -0.15) is 4.98 Å². The van der Waals surface area contributed by atoms with E-state index in [2.05, 4.69) is 53.7 Å². The maximum Gasteiger partial charge on any atom is 0.243 e. The Morgan fingerprint density at radius 1 is 1.44 bits per heavy atom. The third kappa shape index (κ3) is 3.17. The molecule has 1 N–H and O–H groups in total. The quantitative estimate of drug-likeness (QED) is 0.921. The lowest BCUT2D eigenvalue weighted by Crippen LogP contribution is -2.18. The molecule has 0 saturated carbocycles. The summed E-state index contributed by atoms with van der Waals surface area (Å²) in [7, 11) is 0. The molecule has 2 heterocycles. The Balaban J connectivity index is 1.96. The topological polar surface area (TPSA) is 51.0 Å². The molecule has 1 atom stereocenters.